The van der Waals surface area contributed by atoms with Gasteiger partial charge >= 0.3 is 5.97 Å². The Balaban J connectivity index is 1.39. The maximum Gasteiger partial charge on any atom is 0.341 e. The average molecular weight is 569 g/mol. The molecule has 0 saturated heterocycles. The van der Waals surface area contributed by atoms with Gasteiger partial charge in [-0.05, 0) is 79.0 Å². The summed E-state index contributed by atoms with van der Waals surface area (Å²) in [5.41, 5.74) is 2.61. The van der Waals surface area contributed by atoms with E-state index < -0.39 is 15.8 Å². The molecule has 0 amide bonds. The number of sulfone groups is 1. The molecule has 2 N–H and O–H groups in total. The first-order valence-corrected chi connectivity index (χ1v) is 14.6. The Morgan fingerprint density at radius 3 is 2.36 bits per heavy atom. The molecule has 10 heteroatoms. The second-order valence-electron chi connectivity index (χ2n) is 8.03. The van der Waals surface area contributed by atoms with Crippen LogP contribution in [-0.2, 0) is 14.6 Å². The van der Waals surface area contributed by atoms with Gasteiger partial charge < -0.3 is 15.2 Å². The number of ether oxygens (including phenoxy) is 1. The molecule has 192 valence electrons. The number of aliphatic carboxylic acids is 1. The summed E-state index contributed by atoms with van der Waals surface area (Å²) in [6.45, 7) is 2.85. The van der Waals surface area contributed by atoms with Crippen molar-refractivity contribution in [3.8, 4) is 16.9 Å². The molecule has 0 unspecified atom stereocenters. The molecule has 3 rings (SSSR count). The van der Waals surface area contributed by atoms with Crippen molar-refractivity contribution < 1.29 is 23.1 Å². The topological polar surface area (TPSA) is 92.7 Å². The summed E-state index contributed by atoms with van der Waals surface area (Å²) in [4.78, 5) is 12.0. The Hall–Kier alpha value is -2.23. The predicted octanol–water partition coefficient (Wildman–Crippen LogP) is 5.98. The fraction of sp³-hybridized carbons (Fsp3) is 0.269. The Morgan fingerprint density at radius 1 is 0.972 bits per heavy atom. The van der Waals surface area contributed by atoms with Gasteiger partial charge in [0.15, 0.2) is 16.4 Å². The number of rotatable bonds is 13. The standard InChI is InChI=1S/C26H27Cl2NO5S2/c1-18-15-21(6-10-25(18)34-17-26(30)31)35-13-12-29-11-2-14-36(32,33)22-7-3-19(4-8-22)20-5-9-23(27)24(28)16-20/h3-10,15-16,29H,2,11-14,17H2,1H3,(H,30,31). The monoisotopic (exact) mass is 567 g/mol. The van der Waals surface area contributed by atoms with Crippen LogP contribution in [0.25, 0.3) is 11.1 Å². The van der Waals surface area contributed by atoms with Crippen LogP contribution in [0, 0.1) is 6.92 Å². The number of nitrogens with one attached hydrogen (secondary N) is 1. The quantitative estimate of drug-likeness (QED) is 0.194. The lowest BCUT2D eigenvalue weighted by atomic mass is 10.1. The van der Waals surface area contributed by atoms with Crippen LogP contribution in [0.3, 0.4) is 0 Å². The van der Waals surface area contributed by atoms with Gasteiger partial charge in [-0.3, -0.25) is 0 Å². The Kier molecular flexibility index (Phi) is 10.5. The van der Waals surface area contributed by atoms with E-state index in [0.717, 1.165) is 33.9 Å². The highest BCUT2D eigenvalue weighted by Crippen LogP contribution is 2.29. The summed E-state index contributed by atoms with van der Waals surface area (Å²) in [5, 5.41) is 12.9. The predicted molar refractivity (Wildman–Crippen MR) is 146 cm³/mol. The summed E-state index contributed by atoms with van der Waals surface area (Å²) in [5.74, 6) is 0.433. The third-order valence-electron chi connectivity index (χ3n) is 5.28. The van der Waals surface area contributed by atoms with Gasteiger partial charge in [0, 0.05) is 17.2 Å². The van der Waals surface area contributed by atoms with Gasteiger partial charge in [0.25, 0.3) is 0 Å². The van der Waals surface area contributed by atoms with Crippen LogP contribution in [0.15, 0.2) is 70.5 Å². The first-order valence-electron chi connectivity index (χ1n) is 11.2. The highest BCUT2D eigenvalue weighted by atomic mass is 35.5. The largest absolute Gasteiger partial charge is 0.482 e. The summed E-state index contributed by atoms with van der Waals surface area (Å²) in [6.07, 6.45) is 0.510. The molecular weight excluding hydrogens is 541 g/mol. The first-order chi connectivity index (χ1) is 17.2. The van der Waals surface area contributed by atoms with Gasteiger partial charge in [-0.25, -0.2) is 13.2 Å². The summed E-state index contributed by atoms with van der Waals surface area (Å²) in [7, 11) is -3.37. The zero-order chi connectivity index (χ0) is 26.1. The highest BCUT2D eigenvalue weighted by molar-refractivity contribution is 7.99. The van der Waals surface area contributed by atoms with E-state index >= 15 is 0 Å². The lowest BCUT2D eigenvalue weighted by Gasteiger charge is -2.10. The third kappa shape index (κ3) is 8.42. The fourth-order valence-corrected chi connectivity index (χ4v) is 5.93. The van der Waals surface area contributed by atoms with Crippen LogP contribution in [0.4, 0.5) is 0 Å². The van der Waals surface area contributed by atoms with Crippen molar-refractivity contribution in [3.05, 3.63) is 76.3 Å². The Labute approximate surface area is 225 Å². The lowest BCUT2D eigenvalue weighted by molar-refractivity contribution is -0.139. The van der Waals surface area contributed by atoms with Crippen LogP contribution in [0.5, 0.6) is 5.75 Å². The highest BCUT2D eigenvalue weighted by Gasteiger charge is 2.14. The van der Waals surface area contributed by atoms with Crippen molar-refractivity contribution in [2.45, 2.75) is 23.1 Å². The molecular formula is C26H27Cl2NO5S2. The number of aryl methyl sites for hydroxylation is 1. The number of carbonyl (C=O) groups is 1. The summed E-state index contributed by atoms with van der Waals surface area (Å²) in [6, 6.07) is 17.7. The zero-order valence-corrected chi connectivity index (χ0v) is 22.8. The molecule has 0 aliphatic carbocycles. The summed E-state index contributed by atoms with van der Waals surface area (Å²) >= 11 is 13.7. The molecule has 36 heavy (non-hydrogen) atoms. The Morgan fingerprint density at radius 2 is 1.69 bits per heavy atom. The number of carboxylic acids is 1. The molecule has 6 nitrogen and oxygen atoms in total. The smallest absolute Gasteiger partial charge is 0.341 e. The van der Waals surface area contributed by atoms with Gasteiger partial charge in [0.2, 0.25) is 0 Å². The number of benzene rings is 3. The molecule has 3 aromatic carbocycles. The van der Waals surface area contributed by atoms with Crippen molar-refractivity contribution in [2.24, 2.45) is 0 Å². The molecule has 0 bridgehead atoms. The maximum absolute atomic E-state index is 12.7. The zero-order valence-electron chi connectivity index (χ0n) is 19.7. The molecule has 0 fully saturated rings. The molecule has 3 aromatic rings. The van der Waals surface area contributed by atoms with Gasteiger partial charge in [-0.2, -0.15) is 0 Å². The van der Waals surface area contributed by atoms with Gasteiger partial charge in [-0.15, -0.1) is 11.8 Å². The van der Waals surface area contributed by atoms with Gasteiger partial charge in [0.1, 0.15) is 5.75 Å². The van der Waals surface area contributed by atoms with Crippen molar-refractivity contribution >= 4 is 50.8 Å². The van der Waals surface area contributed by atoms with Crippen molar-refractivity contribution in [1.82, 2.24) is 5.32 Å². The van der Waals surface area contributed by atoms with Crippen LogP contribution < -0.4 is 10.1 Å². The maximum atomic E-state index is 12.7. The molecule has 0 aromatic heterocycles. The van der Waals surface area contributed by atoms with E-state index in [1.165, 1.54) is 0 Å². The molecule has 0 saturated carbocycles. The van der Waals surface area contributed by atoms with Gasteiger partial charge in [0.05, 0.1) is 20.7 Å². The van der Waals surface area contributed by atoms with E-state index in [0.29, 0.717) is 33.7 Å². The average Bonchev–Trinajstić information content (AvgIpc) is 2.84. The van der Waals surface area contributed by atoms with E-state index in [1.54, 1.807) is 54.2 Å². The molecule has 0 heterocycles. The van der Waals surface area contributed by atoms with Crippen molar-refractivity contribution in [1.29, 1.82) is 0 Å². The number of halogens is 2. The third-order valence-corrected chi connectivity index (χ3v) is 8.83. The SMILES string of the molecule is Cc1cc(SCCNCCCS(=O)(=O)c2ccc(-c3ccc(Cl)c(Cl)c3)cc2)ccc1OCC(=O)O. The molecule has 0 radical (unpaired) electrons. The molecule has 0 atom stereocenters. The van der Waals surface area contributed by atoms with E-state index in [1.807, 2.05) is 25.1 Å². The van der Waals surface area contributed by atoms with E-state index in [2.05, 4.69) is 5.32 Å². The molecule has 0 aliphatic rings. The minimum absolute atomic E-state index is 0.0657. The number of hydrogen-bond acceptors (Lipinski definition) is 6. The minimum Gasteiger partial charge on any atom is -0.482 e. The summed E-state index contributed by atoms with van der Waals surface area (Å²) < 4.78 is 30.6. The lowest BCUT2D eigenvalue weighted by Crippen LogP contribution is -2.21. The Bertz CT molecular complexity index is 1300. The fourth-order valence-electron chi connectivity index (χ4n) is 3.41. The van der Waals surface area contributed by atoms with E-state index in [-0.39, 0.29) is 12.4 Å². The normalized spacial score (nSPS) is 11.4. The van der Waals surface area contributed by atoms with Crippen LogP contribution in [0.1, 0.15) is 12.0 Å². The molecule has 0 spiro atoms. The van der Waals surface area contributed by atoms with Crippen molar-refractivity contribution in [2.75, 3.05) is 31.2 Å². The van der Waals surface area contributed by atoms with Crippen LogP contribution >= 0.6 is 35.0 Å². The van der Waals surface area contributed by atoms with E-state index in [4.69, 9.17) is 33.0 Å². The van der Waals surface area contributed by atoms with Gasteiger partial charge in [-0.1, -0.05) is 41.4 Å². The van der Waals surface area contributed by atoms with Crippen LogP contribution in [-0.4, -0.2) is 50.7 Å². The molecule has 0 aliphatic heterocycles. The van der Waals surface area contributed by atoms with Crippen LogP contribution in [0.2, 0.25) is 10.0 Å². The number of hydrogen-bond donors (Lipinski definition) is 2. The second kappa shape index (κ2) is 13.4. The van der Waals surface area contributed by atoms with Crippen molar-refractivity contribution in [3.63, 3.8) is 0 Å². The second-order valence-corrected chi connectivity index (χ2v) is 12.1. The minimum atomic E-state index is -3.37. The van der Waals surface area contributed by atoms with E-state index in [9.17, 15) is 13.2 Å². The number of thioether (sulfide) groups is 1. The first kappa shape index (κ1) is 28.3. The number of carboxylic acid groups (broad SMARTS) is 1.